The molecule has 1 heterocycles. The number of aliphatic imine (C=N–C) groups is 1. The summed E-state index contributed by atoms with van der Waals surface area (Å²) in [5.41, 5.74) is 1.91. The molecule has 2 aromatic rings. The van der Waals surface area contributed by atoms with Crippen LogP contribution in [0.2, 0.25) is 0 Å². The topological polar surface area (TPSA) is 58.5 Å². The lowest BCUT2D eigenvalue weighted by molar-refractivity contribution is 0.322. The minimum Gasteiger partial charge on any atom is -0.478 e. The highest BCUT2D eigenvalue weighted by atomic mass is 19.1. The average Bonchev–Trinajstić information content (AvgIpc) is 2.60. The van der Waals surface area contributed by atoms with E-state index in [2.05, 4.69) is 20.6 Å². The molecule has 6 heteroatoms. The van der Waals surface area contributed by atoms with Gasteiger partial charge in [0, 0.05) is 24.8 Å². The third kappa shape index (κ3) is 5.53. The Morgan fingerprint density at radius 3 is 2.67 bits per heavy atom. The van der Waals surface area contributed by atoms with Crippen LogP contribution in [0.25, 0.3) is 0 Å². The van der Waals surface area contributed by atoms with Gasteiger partial charge in [-0.1, -0.05) is 18.2 Å². The Balaban J connectivity index is 2.00. The van der Waals surface area contributed by atoms with Crippen LogP contribution in [0, 0.1) is 5.82 Å². The molecular weight excluding hydrogens is 307 g/mol. The molecule has 0 atom stereocenters. The number of hydrogen-bond donors (Lipinski definition) is 2. The van der Waals surface area contributed by atoms with Gasteiger partial charge in [0.25, 0.3) is 0 Å². The van der Waals surface area contributed by atoms with E-state index in [0.717, 1.165) is 17.7 Å². The van der Waals surface area contributed by atoms with Gasteiger partial charge in [0.15, 0.2) is 5.96 Å². The van der Waals surface area contributed by atoms with E-state index in [9.17, 15) is 4.39 Å². The van der Waals surface area contributed by atoms with E-state index >= 15 is 0 Å². The number of guanidine groups is 1. The number of benzene rings is 1. The second-order valence-corrected chi connectivity index (χ2v) is 5.08. The molecule has 0 bridgehead atoms. The van der Waals surface area contributed by atoms with Gasteiger partial charge < -0.3 is 15.4 Å². The summed E-state index contributed by atoms with van der Waals surface area (Å²) in [5.74, 6) is 1.07. The molecule has 2 N–H and O–H groups in total. The van der Waals surface area contributed by atoms with Crippen LogP contribution in [-0.4, -0.2) is 24.1 Å². The van der Waals surface area contributed by atoms with Crippen molar-refractivity contribution in [3.05, 3.63) is 59.5 Å². The first-order valence-corrected chi connectivity index (χ1v) is 8.06. The number of aromatic nitrogens is 1. The van der Waals surface area contributed by atoms with Gasteiger partial charge >= 0.3 is 0 Å². The van der Waals surface area contributed by atoms with Crippen molar-refractivity contribution in [2.24, 2.45) is 4.99 Å². The fourth-order valence-electron chi connectivity index (χ4n) is 2.11. The van der Waals surface area contributed by atoms with E-state index in [0.29, 0.717) is 31.5 Å². The number of hydrogen-bond acceptors (Lipinski definition) is 3. The molecule has 0 amide bonds. The zero-order valence-corrected chi connectivity index (χ0v) is 14.1. The number of halogens is 1. The third-order valence-corrected chi connectivity index (χ3v) is 3.25. The van der Waals surface area contributed by atoms with Crippen LogP contribution in [-0.2, 0) is 13.1 Å². The maximum atomic E-state index is 12.9. The Morgan fingerprint density at radius 1 is 1.17 bits per heavy atom. The van der Waals surface area contributed by atoms with Crippen molar-refractivity contribution < 1.29 is 9.13 Å². The Morgan fingerprint density at radius 2 is 1.96 bits per heavy atom. The van der Waals surface area contributed by atoms with Gasteiger partial charge in [-0.05, 0) is 37.6 Å². The number of pyridine rings is 1. The minimum atomic E-state index is -0.243. The first-order valence-electron chi connectivity index (χ1n) is 8.06. The molecule has 1 aromatic carbocycles. The van der Waals surface area contributed by atoms with E-state index in [1.54, 1.807) is 18.3 Å². The second-order valence-electron chi connectivity index (χ2n) is 5.08. The summed E-state index contributed by atoms with van der Waals surface area (Å²) in [7, 11) is 0. The van der Waals surface area contributed by atoms with Crippen molar-refractivity contribution in [2.45, 2.75) is 26.9 Å². The Kier molecular flexibility index (Phi) is 7.01. The molecule has 0 aliphatic carbocycles. The predicted molar refractivity (Wildman–Crippen MR) is 93.5 cm³/mol. The molecule has 0 aliphatic heterocycles. The maximum Gasteiger partial charge on any atom is 0.218 e. The minimum absolute atomic E-state index is 0.243. The van der Waals surface area contributed by atoms with Crippen molar-refractivity contribution in [3.63, 3.8) is 0 Å². The van der Waals surface area contributed by atoms with Gasteiger partial charge in [-0.2, -0.15) is 0 Å². The molecule has 0 fully saturated rings. The summed E-state index contributed by atoms with van der Waals surface area (Å²) in [6.07, 6.45) is 1.71. The lowest BCUT2D eigenvalue weighted by atomic mass is 10.2. The summed E-state index contributed by atoms with van der Waals surface area (Å²) in [6.45, 7) is 6.29. The molecule has 5 nitrogen and oxygen atoms in total. The van der Waals surface area contributed by atoms with Crippen LogP contribution in [0.1, 0.15) is 25.0 Å². The molecule has 1 aromatic heterocycles. The lowest BCUT2D eigenvalue weighted by Gasteiger charge is -2.13. The highest BCUT2D eigenvalue weighted by Crippen LogP contribution is 2.13. The maximum absolute atomic E-state index is 12.9. The van der Waals surface area contributed by atoms with Crippen molar-refractivity contribution >= 4 is 5.96 Å². The molecule has 2 rings (SSSR count). The second kappa shape index (κ2) is 9.50. The molecule has 0 aliphatic rings. The van der Waals surface area contributed by atoms with Crippen molar-refractivity contribution in [1.82, 2.24) is 15.6 Å². The van der Waals surface area contributed by atoms with Crippen LogP contribution in [0.3, 0.4) is 0 Å². The molecule has 0 saturated carbocycles. The highest BCUT2D eigenvalue weighted by molar-refractivity contribution is 5.79. The first-order chi connectivity index (χ1) is 11.7. The molecular formula is C18H23FN4O. The molecule has 0 spiro atoms. The molecule has 0 radical (unpaired) electrons. The largest absolute Gasteiger partial charge is 0.478 e. The summed E-state index contributed by atoms with van der Waals surface area (Å²) < 4.78 is 18.5. The number of nitrogens with zero attached hydrogens (tertiary/aromatic N) is 2. The van der Waals surface area contributed by atoms with Gasteiger partial charge in [0.2, 0.25) is 5.88 Å². The smallest absolute Gasteiger partial charge is 0.218 e. The predicted octanol–water partition coefficient (Wildman–Crippen LogP) is 2.87. The van der Waals surface area contributed by atoms with E-state index in [1.165, 1.54) is 12.1 Å². The van der Waals surface area contributed by atoms with Gasteiger partial charge in [0.1, 0.15) is 5.82 Å². The fraction of sp³-hybridized carbons (Fsp3) is 0.333. The fourth-order valence-corrected chi connectivity index (χ4v) is 2.11. The van der Waals surface area contributed by atoms with Gasteiger partial charge in [0.05, 0.1) is 13.2 Å². The lowest BCUT2D eigenvalue weighted by Crippen LogP contribution is -2.36. The highest BCUT2D eigenvalue weighted by Gasteiger charge is 2.05. The van der Waals surface area contributed by atoms with Crippen LogP contribution < -0.4 is 15.4 Å². The summed E-state index contributed by atoms with van der Waals surface area (Å²) in [6, 6.07) is 10.2. The van der Waals surface area contributed by atoms with Crippen LogP contribution in [0.15, 0.2) is 47.6 Å². The zero-order chi connectivity index (χ0) is 17.2. The van der Waals surface area contributed by atoms with Crippen molar-refractivity contribution in [2.75, 3.05) is 13.2 Å². The Labute approximate surface area is 142 Å². The normalized spacial score (nSPS) is 11.2. The monoisotopic (exact) mass is 330 g/mol. The zero-order valence-electron chi connectivity index (χ0n) is 14.1. The van der Waals surface area contributed by atoms with E-state index < -0.39 is 0 Å². The molecule has 0 saturated heterocycles. The Hall–Kier alpha value is -2.63. The summed E-state index contributed by atoms with van der Waals surface area (Å²) >= 11 is 0. The first kappa shape index (κ1) is 17.7. The average molecular weight is 330 g/mol. The third-order valence-electron chi connectivity index (χ3n) is 3.25. The Bertz CT molecular complexity index is 658. The summed E-state index contributed by atoms with van der Waals surface area (Å²) in [5, 5.41) is 6.45. The van der Waals surface area contributed by atoms with Gasteiger partial charge in [-0.15, -0.1) is 0 Å². The number of rotatable bonds is 7. The van der Waals surface area contributed by atoms with E-state index in [-0.39, 0.29) is 5.82 Å². The van der Waals surface area contributed by atoms with Gasteiger partial charge in [-0.3, -0.25) is 0 Å². The van der Waals surface area contributed by atoms with E-state index in [4.69, 9.17) is 4.74 Å². The number of nitrogens with one attached hydrogen (secondary N) is 2. The van der Waals surface area contributed by atoms with Crippen molar-refractivity contribution in [3.8, 4) is 5.88 Å². The van der Waals surface area contributed by atoms with Gasteiger partial charge in [-0.25, -0.2) is 14.4 Å². The summed E-state index contributed by atoms with van der Waals surface area (Å²) in [4.78, 5) is 8.75. The van der Waals surface area contributed by atoms with Crippen molar-refractivity contribution in [1.29, 1.82) is 0 Å². The van der Waals surface area contributed by atoms with Crippen LogP contribution >= 0.6 is 0 Å². The number of ether oxygens (including phenoxy) is 1. The molecule has 24 heavy (non-hydrogen) atoms. The van der Waals surface area contributed by atoms with E-state index in [1.807, 2.05) is 26.0 Å². The van der Waals surface area contributed by atoms with Crippen LogP contribution in [0.4, 0.5) is 4.39 Å². The standard InChI is InChI=1S/C18H23FN4O/c1-3-20-18(22-12-14-7-9-16(19)10-8-14)23-13-15-6-5-11-21-17(15)24-4-2/h5-11H,3-4,12-13H2,1-2H3,(H2,20,22,23). The quantitative estimate of drug-likeness (QED) is 0.605. The molecule has 0 unspecified atom stereocenters. The van der Waals surface area contributed by atoms with Crippen LogP contribution in [0.5, 0.6) is 5.88 Å². The molecule has 128 valence electrons. The SMILES string of the molecule is CCNC(=NCc1ccc(F)cc1)NCc1cccnc1OCC.